The van der Waals surface area contributed by atoms with Crippen molar-refractivity contribution in [1.29, 1.82) is 0 Å². The van der Waals surface area contributed by atoms with Crippen molar-refractivity contribution in [1.82, 2.24) is 10.2 Å². The molecule has 1 N–H and O–H groups in total. The van der Waals surface area contributed by atoms with E-state index in [0.717, 1.165) is 29.5 Å². The first-order valence-corrected chi connectivity index (χ1v) is 12.9. The zero-order valence-electron chi connectivity index (χ0n) is 20.1. The van der Waals surface area contributed by atoms with Crippen molar-refractivity contribution in [3.8, 4) is 0 Å². The van der Waals surface area contributed by atoms with Gasteiger partial charge in [0.1, 0.15) is 12.6 Å². The Hall–Kier alpha value is -3.08. The number of alkyl halides is 3. The predicted molar refractivity (Wildman–Crippen MR) is 128 cm³/mol. The number of benzene rings is 2. The lowest BCUT2D eigenvalue weighted by Crippen LogP contribution is -2.52. The molecule has 0 bridgehead atoms. The Balaban J connectivity index is 2.48. The van der Waals surface area contributed by atoms with Crippen molar-refractivity contribution in [2.24, 2.45) is 0 Å². The second-order valence-corrected chi connectivity index (χ2v) is 10.1. The first-order chi connectivity index (χ1) is 16.3. The minimum absolute atomic E-state index is 0.0242. The Morgan fingerprint density at radius 2 is 1.71 bits per heavy atom. The predicted octanol–water partition coefficient (Wildman–Crippen LogP) is 3.72. The molecule has 192 valence electrons. The van der Waals surface area contributed by atoms with E-state index in [1.54, 1.807) is 26.0 Å². The maximum absolute atomic E-state index is 13.5. The number of hydrogen-bond donors (Lipinski definition) is 1. The van der Waals surface area contributed by atoms with Gasteiger partial charge in [-0.05, 0) is 44.0 Å². The number of rotatable bonds is 10. The van der Waals surface area contributed by atoms with Crippen molar-refractivity contribution in [3.63, 3.8) is 0 Å². The molecule has 0 saturated heterocycles. The normalized spacial score (nSPS) is 12.7. The van der Waals surface area contributed by atoms with E-state index >= 15 is 0 Å². The summed E-state index contributed by atoms with van der Waals surface area (Å²) in [6.07, 6.45) is -3.62. The van der Waals surface area contributed by atoms with Crippen LogP contribution in [0, 0.1) is 6.92 Å². The lowest BCUT2D eigenvalue weighted by Gasteiger charge is -2.33. The van der Waals surface area contributed by atoms with Gasteiger partial charge in [-0.15, -0.1) is 0 Å². The molecule has 0 spiro atoms. The highest BCUT2D eigenvalue weighted by atomic mass is 32.2. The van der Waals surface area contributed by atoms with Crippen LogP contribution in [-0.2, 0) is 32.3 Å². The number of likely N-dealkylation sites (N-methyl/N-ethyl adjacent to an activating group) is 1. The van der Waals surface area contributed by atoms with E-state index in [-0.39, 0.29) is 18.7 Å². The van der Waals surface area contributed by atoms with Crippen LogP contribution in [0.4, 0.5) is 18.9 Å². The van der Waals surface area contributed by atoms with Crippen LogP contribution >= 0.6 is 0 Å². The van der Waals surface area contributed by atoms with E-state index < -0.39 is 46.2 Å². The Bertz CT molecular complexity index is 1150. The first-order valence-electron chi connectivity index (χ1n) is 11.1. The molecule has 35 heavy (non-hydrogen) atoms. The van der Waals surface area contributed by atoms with Crippen LogP contribution in [0.2, 0.25) is 0 Å². The summed E-state index contributed by atoms with van der Waals surface area (Å²) in [5.74, 6) is -1.12. The molecule has 0 unspecified atom stereocenters. The van der Waals surface area contributed by atoms with Crippen LogP contribution in [0.1, 0.15) is 37.0 Å². The smallest absolute Gasteiger partial charge is 0.355 e. The molecular formula is C24H30F3N3O4S. The summed E-state index contributed by atoms with van der Waals surface area (Å²) in [5, 5.41) is 2.68. The van der Waals surface area contributed by atoms with Gasteiger partial charge in [0, 0.05) is 13.1 Å². The fraction of sp³-hybridized carbons (Fsp3) is 0.417. The fourth-order valence-corrected chi connectivity index (χ4v) is 4.51. The van der Waals surface area contributed by atoms with E-state index in [0.29, 0.717) is 16.9 Å². The van der Waals surface area contributed by atoms with Gasteiger partial charge in [-0.3, -0.25) is 13.9 Å². The van der Waals surface area contributed by atoms with Gasteiger partial charge in [-0.2, -0.15) is 13.2 Å². The topological polar surface area (TPSA) is 86.8 Å². The van der Waals surface area contributed by atoms with E-state index in [1.807, 2.05) is 19.1 Å². The van der Waals surface area contributed by atoms with Gasteiger partial charge in [0.2, 0.25) is 21.8 Å². The number of anilines is 1. The molecule has 0 aromatic heterocycles. The second kappa shape index (κ2) is 11.6. The molecule has 11 heteroatoms. The Morgan fingerprint density at radius 1 is 1.06 bits per heavy atom. The van der Waals surface area contributed by atoms with Crippen LogP contribution in [0.5, 0.6) is 0 Å². The van der Waals surface area contributed by atoms with Crippen molar-refractivity contribution < 1.29 is 31.2 Å². The lowest BCUT2D eigenvalue weighted by atomic mass is 10.1. The second-order valence-electron chi connectivity index (χ2n) is 8.15. The number of nitrogens with one attached hydrogen (secondary N) is 1. The highest BCUT2D eigenvalue weighted by Crippen LogP contribution is 2.32. The maximum Gasteiger partial charge on any atom is 0.416 e. The summed E-state index contributed by atoms with van der Waals surface area (Å²) < 4.78 is 65.3. The molecule has 2 aromatic rings. The highest BCUT2D eigenvalue weighted by molar-refractivity contribution is 7.92. The molecule has 0 saturated carbocycles. The summed E-state index contributed by atoms with van der Waals surface area (Å²) in [6, 6.07) is 10.2. The third-order valence-corrected chi connectivity index (χ3v) is 6.45. The van der Waals surface area contributed by atoms with Gasteiger partial charge >= 0.3 is 6.18 Å². The van der Waals surface area contributed by atoms with E-state index in [1.165, 1.54) is 11.0 Å². The Labute approximate surface area is 204 Å². The number of amides is 2. The molecule has 0 aliphatic rings. The molecule has 2 rings (SSSR count). The average Bonchev–Trinajstić information content (AvgIpc) is 2.76. The first kappa shape index (κ1) is 28.2. The maximum atomic E-state index is 13.5. The molecule has 7 nitrogen and oxygen atoms in total. The molecule has 1 atom stereocenters. The van der Waals surface area contributed by atoms with Crippen molar-refractivity contribution >= 4 is 27.5 Å². The molecule has 0 radical (unpaired) electrons. The average molecular weight is 514 g/mol. The van der Waals surface area contributed by atoms with Gasteiger partial charge < -0.3 is 10.2 Å². The minimum Gasteiger partial charge on any atom is -0.355 e. The third-order valence-electron chi connectivity index (χ3n) is 5.31. The summed E-state index contributed by atoms with van der Waals surface area (Å²) in [4.78, 5) is 27.5. The Kier molecular flexibility index (Phi) is 9.31. The van der Waals surface area contributed by atoms with Crippen LogP contribution in [-0.4, -0.2) is 50.5 Å². The monoisotopic (exact) mass is 513 g/mol. The molecular weight excluding hydrogens is 483 g/mol. The lowest BCUT2D eigenvalue weighted by molar-refractivity contribution is -0.140. The molecule has 2 aromatic carbocycles. The van der Waals surface area contributed by atoms with E-state index in [9.17, 15) is 31.2 Å². The quantitative estimate of drug-likeness (QED) is 0.525. The third kappa shape index (κ3) is 7.71. The molecule has 0 fully saturated rings. The zero-order valence-corrected chi connectivity index (χ0v) is 20.9. The summed E-state index contributed by atoms with van der Waals surface area (Å²) >= 11 is 0. The number of carbonyl (C=O) groups is 2. The van der Waals surface area contributed by atoms with Crippen LogP contribution in [0.3, 0.4) is 0 Å². The van der Waals surface area contributed by atoms with Crippen molar-refractivity contribution in [2.45, 2.75) is 46.0 Å². The SMILES string of the molecule is CCNC(=O)[C@@H](CC)N(Cc1cccc(C)c1)C(=O)CN(c1cccc(C(F)(F)F)c1)S(C)(=O)=O. The van der Waals surface area contributed by atoms with E-state index in [4.69, 9.17) is 0 Å². The standard InChI is InChI=1S/C24H30F3N3O4S/c1-5-21(23(32)28-6-2)29(15-18-10-7-9-17(3)13-18)22(31)16-30(35(4,33)34)20-12-8-11-19(14-20)24(25,26)27/h7-14,21H,5-6,15-16H2,1-4H3,(H,28,32)/t21-/m1/s1. The summed E-state index contributed by atoms with van der Waals surface area (Å²) in [5.41, 5.74) is 0.326. The molecule has 0 aliphatic heterocycles. The number of carbonyl (C=O) groups excluding carboxylic acids is 2. The summed E-state index contributed by atoms with van der Waals surface area (Å²) in [7, 11) is -4.13. The largest absolute Gasteiger partial charge is 0.416 e. The molecule has 2 amide bonds. The number of hydrogen-bond acceptors (Lipinski definition) is 4. The van der Waals surface area contributed by atoms with Gasteiger partial charge in [0.15, 0.2) is 0 Å². The number of halogens is 3. The van der Waals surface area contributed by atoms with Crippen molar-refractivity contribution in [3.05, 3.63) is 65.2 Å². The Morgan fingerprint density at radius 3 is 2.26 bits per heavy atom. The highest BCUT2D eigenvalue weighted by Gasteiger charge is 2.34. The van der Waals surface area contributed by atoms with Crippen molar-refractivity contribution in [2.75, 3.05) is 23.7 Å². The number of nitrogens with zero attached hydrogens (tertiary/aromatic N) is 2. The fourth-order valence-electron chi connectivity index (χ4n) is 3.67. The van der Waals surface area contributed by atoms with Crippen LogP contribution < -0.4 is 9.62 Å². The van der Waals surface area contributed by atoms with Gasteiger partial charge in [-0.25, -0.2) is 8.42 Å². The van der Waals surface area contributed by atoms with Gasteiger partial charge in [-0.1, -0.05) is 42.8 Å². The van der Waals surface area contributed by atoms with E-state index in [2.05, 4.69) is 5.32 Å². The molecule has 0 heterocycles. The summed E-state index contributed by atoms with van der Waals surface area (Å²) in [6.45, 7) is 4.92. The number of aryl methyl sites for hydroxylation is 1. The van der Waals surface area contributed by atoms with Crippen LogP contribution in [0.25, 0.3) is 0 Å². The number of sulfonamides is 1. The minimum atomic E-state index is -4.69. The molecule has 0 aliphatic carbocycles. The zero-order chi connectivity index (χ0) is 26.4. The van der Waals surface area contributed by atoms with Gasteiger partial charge in [0.05, 0.1) is 17.5 Å². The van der Waals surface area contributed by atoms with Crippen LogP contribution in [0.15, 0.2) is 48.5 Å². The van der Waals surface area contributed by atoms with Gasteiger partial charge in [0.25, 0.3) is 0 Å².